The molecule has 0 heterocycles. The summed E-state index contributed by atoms with van der Waals surface area (Å²) in [7, 11) is 0. The van der Waals surface area contributed by atoms with Crippen LogP contribution in [0.5, 0.6) is 0 Å². The summed E-state index contributed by atoms with van der Waals surface area (Å²) in [6.45, 7) is 5.72. The molecule has 0 aromatic rings. The van der Waals surface area contributed by atoms with Gasteiger partial charge in [-0.25, -0.2) is 0 Å². The molecule has 1 aliphatic rings. The molecule has 3 heteroatoms. The topological polar surface area (TPSA) is 41.5 Å². The second-order valence-electron chi connectivity index (χ2n) is 3.53. The van der Waals surface area contributed by atoms with Gasteiger partial charge in [0.05, 0.1) is 6.61 Å². The van der Waals surface area contributed by atoms with E-state index in [2.05, 4.69) is 5.32 Å². The molecule has 0 aliphatic heterocycles. The van der Waals surface area contributed by atoms with E-state index < -0.39 is 0 Å². The first-order valence-corrected chi connectivity index (χ1v) is 4.72. The van der Waals surface area contributed by atoms with Crippen molar-refractivity contribution in [2.75, 3.05) is 32.9 Å². The molecule has 0 aromatic heterocycles. The summed E-state index contributed by atoms with van der Waals surface area (Å²) < 4.78 is 5.18. The highest BCUT2D eigenvalue weighted by molar-refractivity contribution is 4.94. The highest BCUT2D eigenvalue weighted by Crippen LogP contribution is 2.44. The largest absolute Gasteiger partial charge is 0.396 e. The SMILES string of the molecule is CCOCCNCC1(CO)CC1. The molecular weight excluding hydrogens is 154 g/mol. The third-order valence-corrected chi connectivity index (χ3v) is 2.42. The zero-order chi connectivity index (χ0) is 8.86. The molecular formula is C9H19NO2. The van der Waals surface area contributed by atoms with E-state index >= 15 is 0 Å². The summed E-state index contributed by atoms with van der Waals surface area (Å²) in [6.07, 6.45) is 2.34. The molecule has 0 atom stereocenters. The van der Waals surface area contributed by atoms with Gasteiger partial charge in [0.1, 0.15) is 0 Å². The van der Waals surface area contributed by atoms with Gasteiger partial charge in [0.25, 0.3) is 0 Å². The van der Waals surface area contributed by atoms with E-state index in [0.29, 0.717) is 6.61 Å². The predicted octanol–water partition coefficient (Wildman–Crippen LogP) is 0.385. The maximum absolute atomic E-state index is 8.99. The van der Waals surface area contributed by atoms with E-state index in [1.165, 1.54) is 12.8 Å². The van der Waals surface area contributed by atoms with Gasteiger partial charge in [-0.1, -0.05) is 0 Å². The van der Waals surface area contributed by atoms with Crippen LogP contribution in [0.25, 0.3) is 0 Å². The lowest BCUT2D eigenvalue weighted by molar-refractivity contribution is 0.144. The molecule has 0 bridgehead atoms. The number of rotatable bonds is 7. The average molecular weight is 173 g/mol. The zero-order valence-corrected chi connectivity index (χ0v) is 7.81. The minimum absolute atomic E-state index is 0.228. The molecule has 0 spiro atoms. The Kier molecular flexibility index (Phi) is 3.98. The molecule has 0 unspecified atom stereocenters. The molecule has 0 saturated heterocycles. The minimum atomic E-state index is 0.228. The van der Waals surface area contributed by atoms with Gasteiger partial charge in [-0.05, 0) is 19.8 Å². The van der Waals surface area contributed by atoms with Gasteiger partial charge < -0.3 is 15.2 Å². The zero-order valence-electron chi connectivity index (χ0n) is 7.81. The van der Waals surface area contributed by atoms with Gasteiger partial charge >= 0.3 is 0 Å². The third kappa shape index (κ3) is 3.09. The Balaban J connectivity index is 1.89. The van der Waals surface area contributed by atoms with Gasteiger partial charge in [-0.3, -0.25) is 0 Å². The van der Waals surface area contributed by atoms with Gasteiger partial charge in [0, 0.05) is 31.7 Å². The van der Waals surface area contributed by atoms with Crippen LogP contribution in [0, 0.1) is 5.41 Å². The fourth-order valence-electron chi connectivity index (χ4n) is 1.21. The Morgan fingerprint density at radius 3 is 2.75 bits per heavy atom. The van der Waals surface area contributed by atoms with Crippen LogP contribution < -0.4 is 5.32 Å². The van der Waals surface area contributed by atoms with E-state index in [1.807, 2.05) is 6.92 Å². The summed E-state index contributed by atoms with van der Waals surface area (Å²) in [5.41, 5.74) is 0.228. The molecule has 0 radical (unpaired) electrons. The highest BCUT2D eigenvalue weighted by Gasteiger charge is 2.41. The van der Waals surface area contributed by atoms with Crippen molar-refractivity contribution < 1.29 is 9.84 Å². The van der Waals surface area contributed by atoms with Crippen molar-refractivity contribution in [1.82, 2.24) is 5.32 Å². The fraction of sp³-hybridized carbons (Fsp3) is 1.00. The minimum Gasteiger partial charge on any atom is -0.396 e. The number of ether oxygens (including phenoxy) is 1. The average Bonchev–Trinajstić information content (AvgIpc) is 2.85. The summed E-state index contributed by atoms with van der Waals surface area (Å²) >= 11 is 0. The smallest absolute Gasteiger partial charge is 0.0590 e. The third-order valence-electron chi connectivity index (χ3n) is 2.42. The molecule has 1 rings (SSSR count). The monoisotopic (exact) mass is 173 g/mol. The molecule has 1 aliphatic carbocycles. The van der Waals surface area contributed by atoms with Crippen LogP contribution in [-0.2, 0) is 4.74 Å². The van der Waals surface area contributed by atoms with Gasteiger partial charge in [0.15, 0.2) is 0 Å². The van der Waals surface area contributed by atoms with Crippen LogP contribution >= 0.6 is 0 Å². The van der Waals surface area contributed by atoms with Crippen LogP contribution in [-0.4, -0.2) is 38.0 Å². The van der Waals surface area contributed by atoms with Crippen LogP contribution in [0.4, 0.5) is 0 Å². The summed E-state index contributed by atoms with van der Waals surface area (Å²) in [6, 6.07) is 0. The Morgan fingerprint density at radius 2 is 2.25 bits per heavy atom. The van der Waals surface area contributed by atoms with E-state index in [-0.39, 0.29) is 5.41 Å². The predicted molar refractivity (Wildman–Crippen MR) is 48.1 cm³/mol. The van der Waals surface area contributed by atoms with Crippen molar-refractivity contribution >= 4 is 0 Å². The van der Waals surface area contributed by atoms with Crippen LogP contribution in [0.3, 0.4) is 0 Å². The molecule has 1 fully saturated rings. The lowest BCUT2D eigenvalue weighted by Crippen LogP contribution is -2.29. The summed E-state index contributed by atoms with van der Waals surface area (Å²) in [4.78, 5) is 0. The first kappa shape index (κ1) is 9.96. The molecule has 0 amide bonds. The second-order valence-corrected chi connectivity index (χ2v) is 3.53. The van der Waals surface area contributed by atoms with Crippen molar-refractivity contribution in [3.05, 3.63) is 0 Å². The standard InChI is InChI=1S/C9H19NO2/c1-2-12-6-5-10-7-9(8-11)3-4-9/h10-11H,2-8H2,1H3. The van der Waals surface area contributed by atoms with Gasteiger partial charge in [-0.2, -0.15) is 0 Å². The van der Waals surface area contributed by atoms with E-state index in [1.54, 1.807) is 0 Å². The molecule has 1 saturated carbocycles. The lowest BCUT2D eigenvalue weighted by Gasteiger charge is -2.12. The Bertz CT molecular complexity index is 124. The first-order chi connectivity index (χ1) is 5.83. The van der Waals surface area contributed by atoms with Crippen LogP contribution in [0.2, 0.25) is 0 Å². The highest BCUT2D eigenvalue weighted by atomic mass is 16.5. The summed E-state index contributed by atoms with van der Waals surface area (Å²) in [5, 5.41) is 12.3. The second kappa shape index (κ2) is 4.80. The van der Waals surface area contributed by atoms with Crippen molar-refractivity contribution in [2.45, 2.75) is 19.8 Å². The lowest BCUT2D eigenvalue weighted by atomic mass is 10.1. The van der Waals surface area contributed by atoms with Crippen molar-refractivity contribution in [3.8, 4) is 0 Å². The fourth-order valence-corrected chi connectivity index (χ4v) is 1.21. The van der Waals surface area contributed by atoms with Crippen LogP contribution in [0.15, 0.2) is 0 Å². The number of aliphatic hydroxyl groups is 1. The Morgan fingerprint density at radius 1 is 1.50 bits per heavy atom. The number of hydrogen-bond acceptors (Lipinski definition) is 3. The van der Waals surface area contributed by atoms with Crippen molar-refractivity contribution in [1.29, 1.82) is 0 Å². The number of aliphatic hydroxyl groups excluding tert-OH is 1. The van der Waals surface area contributed by atoms with Gasteiger partial charge in [-0.15, -0.1) is 0 Å². The van der Waals surface area contributed by atoms with E-state index in [0.717, 1.165) is 26.3 Å². The van der Waals surface area contributed by atoms with Crippen molar-refractivity contribution in [3.63, 3.8) is 0 Å². The molecule has 0 aromatic carbocycles. The Hall–Kier alpha value is -0.120. The number of nitrogens with one attached hydrogen (secondary N) is 1. The maximum Gasteiger partial charge on any atom is 0.0590 e. The van der Waals surface area contributed by atoms with Crippen LogP contribution in [0.1, 0.15) is 19.8 Å². The Labute approximate surface area is 74.1 Å². The van der Waals surface area contributed by atoms with E-state index in [9.17, 15) is 0 Å². The molecule has 72 valence electrons. The molecule has 3 nitrogen and oxygen atoms in total. The number of hydrogen-bond donors (Lipinski definition) is 2. The maximum atomic E-state index is 8.99. The summed E-state index contributed by atoms with van der Waals surface area (Å²) in [5.74, 6) is 0. The van der Waals surface area contributed by atoms with Gasteiger partial charge in [0.2, 0.25) is 0 Å². The first-order valence-electron chi connectivity index (χ1n) is 4.72. The quantitative estimate of drug-likeness (QED) is 0.547. The van der Waals surface area contributed by atoms with Crippen molar-refractivity contribution in [2.24, 2.45) is 5.41 Å². The van der Waals surface area contributed by atoms with E-state index in [4.69, 9.17) is 9.84 Å². The molecule has 2 N–H and O–H groups in total. The normalized spacial score (nSPS) is 19.5. The molecule has 12 heavy (non-hydrogen) atoms.